The molecular formula is C14H18F2N2O. The number of anilines is 1. The van der Waals surface area contributed by atoms with Gasteiger partial charge in [0.25, 0.3) is 0 Å². The van der Waals surface area contributed by atoms with Crippen molar-refractivity contribution in [2.45, 2.75) is 44.1 Å². The van der Waals surface area contributed by atoms with E-state index in [4.69, 9.17) is 5.73 Å². The molecule has 19 heavy (non-hydrogen) atoms. The fourth-order valence-electron chi connectivity index (χ4n) is 2.58. The molecule has 3 N–H and O–H groups in total. The molecule has 0 heterocycles. The van der Waals surface area contributed by atoms with Gasteiger partial charge in [-0.25, -0.2) is 8.78 Å². The molecule has 0 radical (unpaired) electrons. The van der Waals surface area contributed by atoms with Gasteiger partial charge in [0.15, 0.2) is 0 Å². The van der Waals surface area contributed by atoms with E-state index in [-0.39, 0.29) is 18.0 Å². The van der Waals surface area contributed by atoms with Gasteiger partial charge < -0.3 is 11.1 Å². The second-order valence-electron chi connectivity index (χ2n) is 5.31. The molecule has 2 rings (SSSR count). The zero-order valence-corrected chi connectivity index (χ0v) is 10.7. The molecule has 0 aromatic heterocycles. The molecule has 1 aliphatic carbocycles. The lowest BCUT2D eigenvalue weighted by atomic mass is 9.80. The smallest absolute Gasteiger partial charge is 0.226 e. The first-order valence-electron chi connectivity index (χ1n) is 6.52. The van der Waals surface area contributed by atoms with Crippen molar-refractivity contribution in [1.29, 1.82) is 0 Å². The van der Waals surface area contributed by atoms with Crippen LogP contribution in [-0.2, 0) is 4.79 Å². The molecule has 0 spiro atoms. The Balaban J connectivity index is 1.97. The van der Waals surface area contributed by atoms with Crippen LogP contribution in [-0.4, -0.2) is 11.4 Å². The Morgan fingerprint density at radius 2 is 1.74 bits per heavy atom. The third kappa shape index (κ3) is 3.99. The maximum Gasteiger partial charge on any atom is 0.226 e. The Bertz CT molecular complexity index is 450. The van der Waals surface area contributed by atoms with Crippen LogP contribution in [0.15, 0.2) is 18.2 Å². The third-order valence-electron chi connectivity index (χ3n) is 3.51. The average molecular weight is 268 g/mol. The summed E-state index contributed by atoms with van der Waals surface area (Å²) in [5, 5.41) is 2.50. The van der Waals surface area contributed by atoms with Gasteiger partial charge in [-0.2, -0.15) is 0 Å². The normalized spacial score (nSPS) is 18.1. The standard InChI is InChI=1S/C14H18F2N2O/c15-10-6-11(16)8-12(7-10)18-13(19)9-14(17)4-2-1-3-5-14/h6-8H,1-5,9,17H2,(H,18,19). The van der Waals surface area contributed by atoms with E-state index in [1.165, 1.54) is 0 Å². The number of hydrogen-bond acceptors (Lipinski definition) is 2. The SMILES string of the molecule is NC1(CC(=O)Nc2cc(F)cc(F)c2)CCCCC1. The second kappa shape index (κ2) is 5.65. The molecule has 3 nitrogen and oxygen atoms in total. The lowest BCUT2D eigenvalue weighted by molar-refractivity contribution is -0.117. The fraction of sp³-hybridized carbons (Fsp3) is 0.500. The molecular weight excluding hydrogens is 250 g/mol. The van der Waals surface area contributed by atoms with E-state index in [9.17, 15) is 13.6 Å². The van der Waals surface area contributed by atoms with E-state index in [0.29, 0.717) is 0 Å². The number of benzene rings is 1. The molecule has 1 aliphatic rings. The third-order valence-corrected chi connectivity index (χ3v) is 3.51. The molecule has 1 aromatic carbocycles. The first-order chi connectivity index (χ1) is 8.97. The van der Waals surface area contributed by atoms with Gasteiger partial charge in [0.05, 0.1) is 0 Å². The summed E-state index contributed by atoms with van der Waals surface area (Å²) >= 11 is 0. The van der Waals surface area contributed by atoms with Crippen molar-refractivity contribution in [3.05, 3.63) is 29.8 Å². The number of rotatable bonds is 3. The monoisotopic (exact) mass is 268 g/mol. The quantitative estimate of drug-likeness (QED) is 0.885. The minimum Gasteiger partial charge on any atom is -0.326 e. The van der Waals surface area contributed by atoms with E-state index in [2.05, 4.69) is 5.32 Å². The second-order valence-corrected chi connectivity index (χ2v) is 5.31. The molecule has 0 unspecified atom stereocenters. The van der Waals surface area contributed by atoms with Crippen molar-refractivity contribution in [2.24, 2.45) is 5.73 Å². The van der Waals surface area contributed by atoms with Crippen molar-refractivity contribution in [1.82, 2.24) is 0 Å². The lowest BCUT2D eigenvalue weighted by Crippen LogP contribution is -2.44. The molecule has 104 valence electrons. The molecule has 0 saturated heterocycles. The van der Waals surface area contributed by atoms with Crippen LogP contribution in [0.1, 0.15) is 38.5 Å². The number of amides is 1. The van der Waals surface area contributed by atoms with Crippen molar-refractivity contribution in [3.8, 4) is 0 Å². The Morgan fingerprint density at radius 1 is 1.16 bits per heavy atom. The van der Waals surface area contributed by atoms with E-state index in [1.54, 1.807) is 0 Å². The molecule has 1 fully saturated rings. The summed E-state index contributed by atoms with van der Waals surface area (Å²) in [6.45, 7) is 0. The molecule has 1 saturated carbocycles. The van der Waals surface area contributed by atoms with Gasteiger partial charge in [-0.1, -0.05) is 19.3 Å². The van der Waals surface area contributed by atoms with Gasteiger partial charge in [0.2, 0.25) is 5.91 Å². The molecule has 1 amide bonds. The van der Waals surface area contributed by atoms with Gasteiger partial charge in [-0.05, 0) is 25.0 Å². The van der Waals surface area contributed by atoms with E-state index in [0.717, 1.165) is 50.3 Å². The largest absolute Gasteiger partial charge is 0.326 e. The minimum absolute atomic E-state index is 0.127. The Labute approximate surface area is 111 Å². The van der Waals surface area contributed by atoms with Crippen LogP contribution in [0.4, 0.5) is 14.5 Å². The summed E-state index contributed by atoms with van der Waals surface area (Å²) in [6.07, 6.45) is 5.02. The predicted octanol–water partition coefficient (Wildman–Crippen LogP) is 2.96. The molecule has 1 aromatic rings. The van der Waals surface area contributed by atoms with Crippen LogP contribution < -0.4 is 11.1 Å². The topological polar surface area (TPSA) is 55.1 Å². The highest BCUT2D eigenvalue weighted by Gasteiger charge is 2.29. The number of hydrogen-bond donors (Lipinski definition) is 2. The maximum absolute atomic E-state index is 13.0. The first kappa shape index (κ1) is 13.9. The summed E-state index contributed by atoms with van der Waals surface area (Å²) in [5.74, 6) is -1.72. The van der Waals surface area contributed by atoms with Crippen molar-refractivity contribution in [2.75, 3.05) is 5.32 Å². The predicted molar refractivity (Wildman–Crippen MR) is 69.6 cm³/mol. The highest BCUT2D eigenvalue weighted by atomic mass is 19.1. The zero-order chi connectivity index (χ0) is 13.9. The van der Waals surface area contributed by atoms with Crippen LogP contribution >= 0.6 is 0 Å². The van der Waals surface area contributed by atoms with Crippen LogP contribution in [0.3, 0.4) is 0 Å². The lowest BCUT2D eigenvalue weighted by Gasteiger charge is -2.32. The highest BCUT2D eigenvalue weighted by molar-refractivity contribution is 5.91. The summed E-state index contributed by atoms with van der Waals surface area (Å²) in [5.41, 5.74) is 5.81. The number of nitrogens with one attached hydrogen (secondary N) is 1. The van der Waals surface area contributed by atoms with Gasteiger partial charge >= 0.3 is 0 Å². The van der Waals surface area contributed by atoms with Gasteiger partial charge in [0.1, 0.15) is 11.6 Å². The summed E-state index contributed by atoms with van der Waals surface area (Å²) < 4.78 is 26.0. The number of carbonyl (C=O) groups excluding carboxylic acids is 1. The number of carbonyl (C=O) groups is 1. The van der Waals surface area contributed by atoms with Crippen molar-refractivity contribution in [3.63, 3.8) is 0 Å². The first-order valence-corrected chi connectivity index (χ1v) is 6.52. The van der Waals surface area contributed by atoms with Gasteiger partial charge in [-0.3, -0.25) is 4.79 Å². The van der Waals surface area contributed by atoms with Crippen LogP contribution in [0.25, 0.3) is 0 Å². The fourth-order valence-corrected chi connectivity index (χ4v) is 2.58. The van der Waals surface area contributed by atoms with Gasteiger partial charge in [0, 0.05) is 23.7 Å². The molecule has 5 heteroatoms. The maximum atomic E-state index is 13.0. The van der Waals surface area contributed by atoms with E-state index >= 15 is 0 Å². The summed E-state index contributed by atoms with van der Waals surface area (Å²) in [4.78, 5) is 11.9. The number of halogens is 2. The molecule has 0 atom stereocenters. The van der Waals surface area contributed by atoms with E-state index < -0.39 is 17.2 Å². The van der Waals surface area contributed by atoms with Crippen molar-refractivity contribution < 1.29 is 13.6 Å². The highest BCUT2D eigenvalue weighted by Crippen LogP contribution is 2.29. The Hall–Kier alpha value is -1.49. The van der Waals surface area contributed by atoms with Crippen LogP contribution in [0.2, 0.25) is 0 Å². The minimum atomic E-state index is -0.713. The zero-order valence-electron chi connectivity index (χ0n) is 10.7. The molecule has 0 aliphatic heterocycles. The molecule has 0 bridgehead atoms. The average Bonchev–Trinajstić information content (AvgIpc) is 2.27. The Morgan fingerprint density at radius 3 is 2.32 bits per heavy atom. The number of nitrogens with two attached hydrogens (primary N) is 1. The van der Waals surface area contributed by atoms with E-state index in [1.807, 2.05) is 0 Å². The summed E-state index contributed by atoms with van der Waals surface area (Å²) in [7, 11) is 0. The van der Waals surface area contributed by atoms with Crippen molar-refractivity contribution >= 4 is 11.6 Å². The van der Waals surface area contributed by atoms with Crippen LogP contribution in [0, 0.1) is 11.6 Å². The van der Waals surface area contributed by atoms with Gasteiger partial charge in [-0.15, -0.1) is 0 Å². The Kier molecular flexibility index (Phi) is 4.14. The summed E-state index contributed by atoms with van der Waals surface area (Å²) in [6, 6.07) is 2.94. The van der Waals surface area contributed by atoms with Crippen LogP contribution in [0.5, 0.6) is 0 Å².